The van der Waals surface area contributed by atoms with Crippen LogP contribution in [0.4, 0.5) is 8.78 Å². The first kappa shape index (κ1) is 6.60. The highest BCUT2D eigenvalue weighted by atomic mass is 19.2. The van der Waals surface area contributed by atoms with Gasteiger partial charge in [-0.3, -0.25) is 0 Å². The summed E-state index contributed by atoms with van der Waals surface area (Å²) < 4.78 is 23.4. The van der Waals surface area contributed by atoms with Gasteiger partial charge in [-0.25, -0.2) is 8.78 Å². The van der Waals surface area contributed by atoms with Gasteiger partial charge in [-0.1, -0.05) is 6.92 Å². The van der Waals surface area contributed by atoms with Crippen molar-refractivity contribution < 1.29 is 8.78 Å². The minimum atomic E-state index is -0.706. The van der Waals surface area contributed by atoms with Crippen LogP contribution in [-0.4, -0.2) is 0 Å². The van der Waals surface area contributed by atoms with Gasteiger partial charge in [0.1, 0.15) is 11.7 Å². The summed E-state index contributed by atoms with van der Waals surface area (Å²) in [6.45, 7) is 2.68. The fraction of sp³-hybridized carbons (Fsp3) is 0.600. The van der Waals surface area contributed by atoms with E-state index in [1.165, 1.54) is 0 Å². The summed E-state index contributed by atoms with van der Waals surface area (Å²) in [5, 5.41) is 0. The van der Waals surface area contributed by atoms with Crippen molar-refractivity contribution in [1.82, 2.24) is 0 Å². The highest BCUT2D eigenvalue weighted by molar-refractivity contribution is 4.94. The Labute approximate surface area is 41.8 Å². The second-order valence-electron chi connectivity index (χ2n) is 1.29. The summed E-state index contributed by atoms with van der Waals surface area (Å²) in [7, 11) is 0. The second-order valence-corrected chi connectivity index (χ2v) is 1.29. The highest BCUT2D eigenvalue weighted by Gasteiger charge is 1.93. The van der Waals surface area contributed by atoms with Crippen molar-refractivity contribution in [3.05, 3.63) is 11.7 Å². The second kappa shape index (κ2) is 2.72. The van der Waals surface area contributed by atoms with Gasteiger partial charge in [-0.2, -0.15) is 0 Å². The third-order valence-electron chi connectivity index (χ3n) is 0.684. The molecule has 7 heavy (non-hydrogen) atoms. The van der Waals surface area contributed by atoms with E-state index >= 15 is 0 Å². The number of hydrogen-bond donors (Lipinski definition) is 0. The van der Waals surface area contributed by atoms with Gasteiger partial charge in [-0.05, 0) is 13.3 Å². The van der Waals surface area contributed by atoms with E-state index in [1.54, 1.807) is 6.92 Å². The van der Waals surface area contributed by atoms with E-state index in [4.69, 9.17) is 0 Å². The molecule has 0 aliphatic rings. The van der Waals surface area contributed by atoms with E-state index in [0.29, 0.717) is 0 Å². The molecule has 2 heteroatoms. The third kappa shape index (κ3) is 2.31. The van der Waals surface area contributed by atoms with Crippen LogP contribution in [0, 0.1) is 0 Å². The van der Waals surface area contributed by atoms with Crippen molar-refractivity contribution in [3.63, 3.8) is 0 Å². The summed E-state index contributed by atoms with van der Waals surface area (Å²) in [5.41, 5.74) is 0. The normalized spacial score (nSPS) is 13.7. The molecule has 0 saturated heterocycles. The van der Waals surface area contributed by atoms with E-state index in [9.17, 15) is 8.78 Å². The van der Waals surface area contributed by atoms with Crippen LogP contribution >= 0.6 is 0 Å². The molecule has 0 radical (unpaired) electrons. The molecule has 0 nitrogen and oxygen atoms in total. The van der Waals surface area contributed by atoms with Gasteiger partial charge in [-0.15, -0.1) is 0 Å². The van der Waals surface area contributed by atoms with Gasteiger partial charge in [0.25, 0.3) is 0 Å². The lowest BCUT2D eigenvalue weighted by molar-refractivity contribution is 0.518. The molecule has 42 valence electrons. The van der Waals surface area contributed by atoms with Gasteiger partial charge in [0, 0.05) is 0 Å². The van der Waals surface area contributed by atoms with Gasteiger partial charge in [0.05, 0.1) is 0 Å². The Morgan fingerprint density at radius 1 is 1.43 bits per heavy atom. The zero-order valence-corrected chi connectivity index (χ0v) is 4.46. The summed E-state index contributed by atoms with van der Waals surface area (Å²) in [6, 6.07) is 0. The molecule has 0 aliphatic carbocycles. The lowest BCUT2D eigenvalue weighted by Gasteiger charge is -1.85. The van der Waals surface area contributed by atoms with Crippen molar-refractivity contribution in [1.29, 1.82) is 0 Å². The number of rotatable bonds is 1. The fourth-order valence-electron chi connectivity index (χ4n) is 0.244. The maximum Gasteiger partial charge on any atom is 0.131 e. The summed E-state index contributed by atoms with van der Waals surface area (Å²) >= 11 is 0. The Kier molecular flexibility index (Phi) is 2.56. The Morgan fingerprint density at radius 3 is 1.86 bits per heavy atom. The standard InChI is InChI=1S/C5H8F2/c1-3-5(7)4(2)6/h3H2,1-2H3/b5-4+. The van der Waals surface area contributed by atoms with Crippen LogP contribution in [0.5, 0.6) is 0 Å². The van der Waals surface area contributed by atoms with Gasteiger partial charge >= 0.3 is 0 Å². The molecule has 0 spiro atoms. The lowest BCUT2D eigenvalue weighted by Crippen LogP contribution is -1.69. The molecule has 0 aromatic carbocycles. The minimum absolute atomic E-state index is 0.155. The van der Waals surface area contributed by atoms with Crippen molar-refractivity contribution in [2.75, 3.05) is 0 Å². The topological polar surface area (TPSA) is 0 Å². The molecule has 0 aromatic rings. The Hall–Kier alpha value is -0.400. The van der Waals surface area contributed by atoms with Gasteiger partial charge < -0.3 is 0 Å². The van der Waals surface area contributed by atoms with E-state index in [1.807, 2.05) is 0 Å². The predicted molar refractivity (Wildman–Crippen MR) is 25.2 cm³/mol. The first-order chi connectivity index (χ1) is 3.18. The quantitative estimate of drug-likeness (QED) is 0.482. The van der Waals surface area contributed by atoms with Crippen LogP contribution in [0.2, 0.25) is 0 Å². The number of hydrogen-bond acceptors (Lipinski definition) is 0. The van der Waals surface area contributed by atoms with Crippen LogP contribution in [0.3, 0.4) is 0 Å². The van der Waals surface area contributed by atoms with E-state index < -0.39 is 11.7 Å². The van der Waals surface area contributed by atoms with Crippen LogP contribution in [-0.2, 0) is 0 Å². The molecule has 0 atom stereocenters. The van der Waals surface area contributed by atoms with E-state index in [0.717, 1.165) is 6.92 Å². The minimum Gasteiger partial charge on any atom is -0.209 e. The summed E-state index contributed by atoms with van der Waals surface area (Å²) in [5.74, 6) is -1.36. The molecule has 0 aromatic heterocycles. The molecule has 0 rings (SSSR count). The molecule has 0 bridgehead atoms. The number of allylic oxidation sites excluding steroid dienone is 2. The maximum atomic E-state index is 11.8. The zero-order chi connectivity index (χ0) is 5.86. The first-order valence-electron chi connectivity index (χ1n) is 2.19. The first-order valence-corrected chi connectivity index (χ1v) is 2.19. The molecule has 0 unspecified atom stereocenters. The maximum absolute atomic E-state index is 11.8. The van der Waals surface area contributed by atoms with Crippen molar-refractivity contribution in [2.45, 2.75) is 20.3 Å². The van der Waals surface area contributed by atoms with Crippen LogP contribution in [0.1, 0.15) is 20.3 Å². The fourth-order valence-corrected chi connectivity index (χ4v) is 0.244. The largest absolute Gasteiger partial charge is 0.209 e. The Balaban J connectivity index is 3.72. The molecule has 0 heterocycles. The molecule has 0 N–H and O–H groups in total. The molecular weight excluding hydrogens is 98.1 g/mol. The molecule has 0 saturated carbocycles. The average Bonchev–Trinajstić information content (AvgIpc) is 1.65. The predicted octanol–water partition coefficient (Wildman–Crippen LogP) is 2.57. The van der Waals surface area contributed by atoms with Crippen molar-refractivity contribution >= 4 is 0 Å². The van der Waals surface area contributed by atoms with Crippen molar-refractivity contribution in [3.8, 4) is 0 Å². The molecule has 0 amide bonds. The molecule has 0 aliphatic heterocycles. The van der Waals surface area contributed by atoms with E-state index in [2.05, 4.69) is 0 Å². The smallest absolute Gasteiger partial charge is 0.131 e. The summed E-state index contributed by atoms with van der Waals surface area (Å²) in [6.07, 6.45) is 0.155. The highest BCUT2D eigenvalue weighted by Crippen LogP contribution is 2.08. The van der Waals surface area contributed by atoms with Crippen LogP contribution in [0.15, 0.2) is 11.7 Å². The molecular formula is C5H8F2. The summed E-state index contributed by atoms with van der Waals surface area (Å²) in [4.78, 5) is 0. The van der Waals surface area contributed by atoms with Crippen molar-refractivity contribution in [2.24, 2.45) is 0 Å². The van der Waals surface area contributed by atoms with E-state index in [-0.39, 0.29) is 6.42 Å². The van der Waals surface area contributed by atoms with Crippen LogP contribution < -0.4 is 0 Å². The zero-order valence-electron chi connectivity index (χ0n) is 4.46. The SMILES string of the molecule is CC/C(F)=C(/C)F. The monoisotopic (exact) mass is 106 g/mol. The van der Waals surface area contributed by atoms with Gasteiger partial charge in [0.2, 0.25) is 0 Å². The molecule has 0 fully saturated rings. The third-order valence-corrected chi connectivity index (χ3v) is 0.684. The van der Waals surface area contributed by atoms with Crippen LogP contribution in [0.25, 0.3) is 0 Å². The Morgan fingerprint density at radius 2 is 1.86 bits per heavy atom. The lowest BCUT2D eigenvalue weighted by atomic mass is 10.4. The Bertz CT molecular complexity index is 80.1. The van der Waals surface area contributed by atoms with Gasteiger partial charge in [0.15, 0.2) is 0 Å². The number of halogens is 2. The average molecular weight is 106 g/mol.